The van der Waals surface area contributed by atoms with Gasteiger partial charge in [-0.05, 0) is 25.0 Å². The van der Waals surface area contributed by atoms with Crippen LogP contribution in [0.15, 0.2) is 18.3 Å². The SMILES string of the molecule is COc1cc(C=O)cc2cn(C3CC3)nc12. The van der Waals surface area contributed by atoms with Crippen LogP contribution in [0.5, 0.6) is 5.75 Å². The number of aromatic nitrogens is 2. The lowest BCUT2D eigenvalue weighted by atomic mass is 10.1. The molecular formula is C12H12N2O2. The van der Waals surface area contributed by atoms with Gasteiger partial charge in [-0.3, -0.25) is 9.48 Å². The Morgan fingerprint density at radius 1 is 1.50 bits per heavy atom. The Morgan fingerprint density at radius 2 is 2.31 bits per heavy atom. The number of carbonyl (C=O) groups is 1. The van der Waals surface area contributed by atoms with Gasteiger partial charge in [-0.15, -0.1) is 0 Å². The number of nitrogens with zero attached hydrogens (tertiary/aromatic N) is 2. The summed E-state index contributed by atoms with van der Waals surface area (Å²) < 4.78 is 7.22. The monoisotopic (exact) mass is 216 g/mol. The summed E-state index contributed by atoms with van der Waals surface area (Å²) in [5.41, 5.74) is 1.46. The van der Waals surface area contributed by atoms with Crippen LogP contribution in [0.25, 0.3) is 10.9 Å². The van der Waals surface area contributed by atoms with E-state index in [-0.39, 0.29) is 0 Å². The van der Waals surface area contributed by atoms with Crippen molar-refractivity contribution in [1.29, 1.82) is 0 Å². The predicted molar refractivity (Wildman–Crippen MR) is 59.9 cm³/mol. The molecule has 0 saturated heterocycles. The first-order valence-corrected chi connectivity index (χ1v) is 5.34. The topological polar surface area (TPSA) is 44.1 Å². The third kappa shape index (κ3) is 1.38. The molecule has 16 heavy (non-hydrogen) atoms. The van der Waals surface area contributed by atoms with Crippen LogP contribution in [-0.4, -0.2) is 23.2 Å². The Bertz CT molecular complexity index is 555. The predicted octanol–water partition coefficient (Wildman–Crippen LogP) is 2.19. The molecular weight excluding hydrogens is 204 g/mol. The minimum Gasteiger partial charge on any atom is -0.494 e. The molecule has 2 aromatic rings. The molecule has 1 aliphatic carbocycles. The summed E-state index contributed by atoms with van der Waals surface area (Å²) in [5, 5.41) is 5.46. The average molecular weight is 216 g/mol. The highest BCUT2D eigenvalue weighted by atomic mass is 16.5. The molecule has 0 bridgehead atoms. The van der Waals surface area contributed by atoms with Crippen LogP contribution >= 0.6 is 0 Å². The lowest BCUT2D eigenvalue weighted by Gasteiger charge is -2.00. The fourth-order valence-corrected chi connectivity index (χ4v) is 1.89. The zero-order chi connectivity index (χ0) is 11.1. The molecule has 1 saturated carbocycles. The second kappa shape index (κ2) is 3.33. The van der Waals surface area contributed by atoms with Gasteiger partial charge in [-0.25, -0.2) is 0 Å². The Balaban J connectivity index is 2.22. The number of methoxy groups -OCH3 is 1. The number of aldehydes is 1. The number of benzene rings is 1. The van der Waals surface area contributed by atoms with Crippen LogP contribution < -0.4 is 4.74 Å². The van der Waals surface area contributed by atoms with Gasteiger partial charge in [-0.2, -0.15) is 5.10 Å². The van der Waals surface area contributed by atoms with E-state index < -0.39 is 0 Å². The van der Waals surface area contributed by atoms with Crippen molar-refractivity contribution < 1.29 is 9.53 Å². The van der Waals surface area contributed by atoms with Crippen molar-refractivity contribution >= 4 is 17.2 Å². The van der Waals surface area contributed by atoms with Crippen LogP contribution in [0.4, 0.5) is 0 Å². The second-order valence-electron chi connectivity index (χ2n) is 4.12. The number of ether oxygens (including phenoxy) is 1. The van der Waals surface area contributed by atoms with Crippen molar-refractivity contribution in [3.05, 3.63) is 23.9 Å². The molecule has 0 N–H and O–H groups in total. The fourth-order valence-electron chi connectivity index (χ4n) is 1.89. The minimum absolute atomic E-state index is 0.539. The first-order chi connectivity index (χ1) is 7.81. The lowest BCUT2D eigenvalue weighted by molar-refractivity contribution is 0.112. The maximum absolute atomic E-state index is 10.8. The quantitative estimate of drug-likeness (QED) is 0.739. The molecule has 1 aromatic carbocycles. The Hall–Kier alpha value is -1.84. The molecule has 0 radical (unpaired) electrons. The van der Waals surface area contributed by atoms with Crippen LogP contribution in [0, 0.1) is 0 Å². The van der Waals surface area contributed by atoms with Crippen molar-refractivity contribution in [1.82, 2.24) is 9.78 Å². The lowest BCUT2D eigenvalue weighted by Crippen LogP contribution is -1.93. The number of fused-ring (bicyclic) bond motifs is 1. The maximum Gasteiger partial charge on any atom is 0.150 e. The van der Waals surface area contributed by atoms with Gasteiger partial charge >= 0.3 is 0 Å². The summed E-state index contributed by atoms with van der Waals surface area (Å²) in [6.07, 6.45) is 5.20. The molecule has 1 heterocycles. The summed E-state index contributed by atoms with van der Waals surface area (Å²) in [7, 11) is 1.60. The van der Waals surface area contributed by atoms with E-state index >= 15 is 0 Å². The molecule has 1 aliphatic rings. The molecule has 4 heteroatoms. The van der Waals surface area contributed by atoms with Crippen molar-refractivity contribution in [2.45, 2.75) is 18.9 Å². The summed E-state index contributed by atoms with van der Waals surface area (Å²) >= 11 is 0. The first kappa shape index (κ1) is 9.39. The van der Waals surface area contributed by atoms with Crippen molar-refractivity contribution in [2.75, 3.05) is 7.11 Å². The first-order valence-electron chi connectivity index (χ1n) is 5.34. The van der Waals surface area contributed by atoms with E-state index in [2.05, 4.69) is 5.10 Å². The van der Waals surface area contributed by atoms with Crippen LogP contribution in [-0.2, 0) is 0 Å². The molecule has 0 spiro atoms. The molecule has 4 nitrogen and oxygen atoms in total. The highest BCUT2D eigenvalue weighted by Gasteiger charge is 2.25. The van der Waals surface area contributed by atoms with Crippen LogP contribution in [0.3, 0.4) is 0 Å². The van der Waals surface area contributed by atoms with Gasteiger partial charge in [0.2, 0.25) is 0 Å². The van der Waals surface area contributed by atoms with E-state index in [4.69, 9.17) is 4.74 Å². The Labute approximate surface area is 92.8 Å². The Kier molecular flexibility index (Phi) is 1.96. The Morgan fingerprint density at radius 3 is 2.94 bits per heavy atom. The zero-order valence-electron chi connectivity index (χ0n) is 9.01. The third-order valence-corrected chi connectivity index (χ3v) is 2.89. The van der Waals surface area contributed by atoms with Gasteiger partial charge < -0.3 is 4.74 Å². The average Bonchev–Trinajstić information content (AvgIpc) is 3.07. The van der Waals surface area contributed by atoms with Gasteiger partial charge in [0.1, 0.15) is 17.6 Å². The van der Waals surface area contributed by atoms with Gasteiger partial charge in [0, 0.05) is 17.1 Å². The molecule has 1 fully saturated rings. The normalized spacial score (nSPS) is 15.3. The summed E-state index contributed by atoms with van der Waals surface area (Å²) in [4.78, 5) is 10.8. The van der Waals surface area contributed by atoms with Crippen LogP contribution in [0.2, 0.25) is 0 Å². The highest BCUT2D eigenvalue weighted by molar-refractivity contribution is 5.91. The van der Waals surface area contributed by atoms with E-state index in [0.717, 1.165) is 17.2 Å². The molecule has 82 valence electrons. The van der Waals surface area contributed by atoms with E-state index in [9.17, 15) is 4.79 Å². The van der Waals surface area contributed by atoms with Crippen molar-refractivity contribution in [3.63, 3.8) is 0 Å². The number of carbonyl (C=O) groups excluding carboxylic acids is 1. The van der Waals surface area contributed by atoms with Crippen molar-refractivity contribution in [2.24, 2.45) is 0 Å². The summed E-state index contributed by atoms with van der Waals surface area (Å²) in [6.45, 7) is 0. The standard InChI is InChI=1S/C12H12N2O2/c1-16-11-5-8(7-15)4-9-6-14(10-2-3-10)13-12(9)11/h4-7,10H,2-3H2,1H3. The zero-order valence-corrected chi connectivity index (χ0v) is 9.01. The summed E-state index contributed by atoms with van der Waals surface area (Å²) in [6, 6.07) is 4.10. The van der Waals surface area contributed by atoms with Gasteiger partial charge in [-0.1, -0.05) is 0 Å². The largest absolute Gasteiger partial charge is 0.494 e. The maximum atomic E-state index is 10.8. The molecule has 0 aliphatic heterocycles. The van der Waals surface area contributed by atoms with Gasteiger partial charge in [0.25, 0.3) is 0 Å². The highest BCUT2D eigenvalue weighted by Crippen LogP contribution is 2.36. The molecule has 3 rings (SSSR count). The molecule has 0 amide bonds. The third-order valence-electron chi connectivity index (χ3n) is 2.89. The number of hydrogen-bond acceptors (Lipinski definition) is 3. The molecule has 0 unspecified atom stereocenters. The van der Waals surface area contributed by atoms with E-state index in [0.29, 0.717) is 17.4 Å². The van der Waals surface area contributed by atoms with E-state index in [1.165, 1.54) is 12.8 Å². The smallest absolute Gasteiger partial charge is 0.150 e. The van der Waals surface area contributed by atoms with Gasteiger partial charge in [0.05, 0.1) is 13.2 Å². The minimum atomic E-state index is 0.539. The van der Waals surface area contributed by atoms with Crippen molar-refractivity contribution in [3.8, 4) is 5.75 Å². The summed E-state index contributed by atoms with van der Waals surface area (Å²) in [5.74, 6) is 0.666. The van der Waals surface area contributed by atoms with Gasteiger partial charge in [0.15, 0.2) is 0 Å². The van der Waals surface area contributed by atoms with E-state index in [1.54, 1.807) is 13.2 Å². The number of rotatable bonds is 3. The molecule has 1 aromatic heterocycles. The second-order valence-corrected chi connectivity index (χ2v) is 4.12. The molecule has 0 atom stereocenters. The fraction of sp³-hybridized carbons (Fsp3) is 0.333. The van der Waals surface area contributed by atoms with E-state index in [1.807, 2.05) is 16.9 Å². The van der Waals surface area contributed by atoms with Crippen LogP contribution in [0.1, 0.15) is 29.2 Å². The number of hydrogen-bond donors (Lipinski definition) is 0.